The van der Waals surface area contributed by atoms with Gasteiger partial charge < -0.3 is 14.5 Å². The second kappa shape index (κ2) is 22.5. The van der Waals surface area contributed by atoms with Crippen LogP contribution < -0.4 is 15.1 Å². The number of hydrogen-bond acceptors (Lipinski definition) is 7. The van der Waals surface area contributed by atoms with Crippen LogP contribution in [-0.2, 0) is 0 Å². The number of fused-ring (bicyclic) bond motifs is 1. The molecular formula is C34H56N6O. The van der Waals surface area contributed by atoms with E-state index in [1.807, 2.05) is 52.0 Å². The molecule has 7 nitrogen and oxygen atoms in total. The molecule has 0 saturated carbocycles. The molecule has 0 fully saturated rings. The van der Waals surface area contributed by atoms with Gasteiger partial charge in [0, 0.05) is 25.7 Å². The lowest BCUT2D eigenvalue weighted by atomic mass is 10.1. The summed E-state index contributed by atoms with van der Waals surface area (Å²) in [4.78, 5) is 14.1. The van der Waals surface area contributed by atoms with Gasteiger partial charge in [0.1, 0.15) is 12.4 Å². The number of hydrogen-bond donors (Lipinski definition) is 1. The fourth-order valence-electron chi connectivity index (χ4n) is 4.31. The van der Waals surface area contributed by atoms with Crippen LogP contribution in [-0.4, -0.2) is 60.4 Å². The van der Waals surface area contributed by atoms with E-state index in [1.54, 1.807) is 6.21 Å². The molecule has 0 unspecified atom stereocenters. The van der Waals surface area contributed by atoms with Crippen molar-refractivity contribution in [2.45, 2.75) is 87.5 Å². The van der Waals surface area contributed by atoms with Gasteiger partial charge in [0.25, 0.3) is 0 Å². The van der Waals surface area contributed by atoms with Gasteiger partial charge in [0.05, 0.1) is 17.6 Å². The van der Waals surface area contributed by atoms with Crippen molar-refractivity contribution in [1.29, 1.82) is 0 Å². The second-order valence-electron chi connectivity index (χ2n) is 9.34. The van der Waals surface area contributed by atoms with Gasteiger partial charge in [-0.15, -0.1) is 0 Å². The standard InChI is InChI=1S/C30H44N6O.2C2H6/c1-5-9-12-19-35(8-4)20-21-37-30-32-28(23-29(33-30)36(17-6-2)18-7-3)24-31-34-27-16-15-25-13-10-11-14-26(25)22-27;2*1-2/h10-11,13-16,22-24,34H,5-9,12,17-21H2,1-4H3;2*1-2H3/b31-24+;;. The third kappa shape index (κ3) is 13.3. The highest BCUT2D eigenvalue weighted by atomic mass is 16.5. The fraction of sp³-hybridized carbons (Fsp3) is 0.559. The topological polar surface area (TPSA) is 65.9 Å². The molecule has 3 aromatic rings. The number of nitrogens with one attached hydrogen (secondary N) is 1. The van der Waals surface area contributed by atoms with E-state index in [0.29, 0.717) is 12.6 Å². The summed E-state index contributed by atoms with van der Waals surface area (Å²) in [5.41, 5.74) is 4.80. The molecule has 0 aliphatic rings. The van der Waals surface area contributed by atoms with Crippen molar-refractivity contribution < 1.29 is 4.74 Å². The van der Waals surface area contributed by atoms with Gasteiger partial charge in [-0.1, -0.05) is 98.6 Å². The van der Waals surface area contributed by atoms with E-state index in [-0.39, 0.29) is 0 Å². The molecule has 0 atom stereocenters. The Bertz CT molecular complexity index is 1100. The molecule has 1 N–H and O–H groups in total. The summed E-state index contributed by atoms with van der Waals surface area (Å²) in [5, 5.41) is 6.85. The normalized spacial score (nSPS) is 10.7. The van der Waals surface area contributed by atoms with Gasteiger partial charge in [0.2, 0.25) is 0 Å². The summed E-state index contributed by atoms with van der Waals surface area (Å²) in [6.07, 6.45) is 7.58. The number of anilines is 2. The minimum atomic E-state index is 0.409. The SMILES string of the molecule is CC.CC.CCCCCN(CC)CCOc1nc(/C=N/Nc2ccc3ccccc3c2)cc(N(CCC)CCC)n1. The predicted molar refractivity (Wildman–Crippen MR) is 180 cm³/mol. The van der Waals surface area contributed by atoms with E-state index >= 15 is 0 Å². The molecule has 228 valence electrons. The minimum Gasteiger partial charge on any atom is -0.462 e. The zero-order chi connectivity index (χ0) is 30.3. The molecule has 0 saturated heterocycles. The highest BCUT2D eigenvalue weighted by Crippen LogP contribution is 2.20. The van der Waals surface area contributed by atoms with Crippen LogP contribution in [0.3, 0.4) is 0 Å². The molecule has 1 aromatic heterocycles. The van der Waals surface area contributed by atoms with Crippen LogP contribution in [0.15, 0.2) is 53.6 Å². The first-order valence-corrected chi connectivity index (χ1v) is 15.9. The van der Waals surface area contributed by atoms with Crippen molar-refractivity contribution in [2.75, 3.05) is 49.7 Å². The maximum atomic E-state index is 6.07. The van der Waals surface area contributed by atoms with E-state index in [1.165, 1.54) is 30.0 Å². The molecule has 0 aliphatic heterocycles. The number of hydrazone groups is 1. The molecule has 0 bridgehead atoms. The van der Waals surface area contributed by atoms with Crippen molar-refractivity contribution >= 4 is 28.5 Å². The summed E-state index contributed by atoms with van der Waals surface area (Å²) in [6.45, 7) is 22.3. The third-order valence-electron chi connectivity index (χ3n) is 6.33. The monoisotopic (exact) mass is 564 g/mol. The molecule has 41 heavy (non-hydrogen) atoms. The third-order valence-corrected chi connectivity index (χ3v) is 6.33. The van der Waals surface area contributed by atoms with E-state index in [4.69, 9.17) is 9.72 Å². The van der Waals surface area contributed by atoms with Crippen LogP contribution in [0.25, 0.3) is 10.8 Å². The number of rotatable bonds is 17. The Kier molecular flexibility index (Phi) is 19.7. The smallest absolute Gasteiger partial charge is 0.319 e. The average molecular weight is 565 g/mol. The van der Waals surface area contributed by atoms with E-state index in [2.05, 4.69) is 77.3 Å². The Hall–Kier alpha value is -3.19. The maximum Gasteiger partial charge on any atom is 0.319 e. The maximum absolute atomic E-state index is 6.07. The first-order chi connectivity index (χ1) is 20.2. The van der Waals surface area contributed by atoms with E-state index in [9.17, 15) is 0 Å². The molecule has 1 heterocycles. The van der Waals surface area contributed by atoms with Gasteiger partial charge in [-0.2, -0.15) is 15.1 Å². The van der Waals surface area contributed by atoms with Crippen LogP contribution in [0.4, 0.5) is 11.5 Å². The molecular weight excluding hydrogens is 508 g/mol. The van der Waals surface area contributed by atoms with Crippen molar-refractivity contribution in [1.82, 2.24) is 14.9 Å². The minimum absolute atomic E-state index is 0.409. The Morgan fingerprint density at radius 3 is 2.15 bits per heavy atom. The average Bonchev–Trinajstić information content (AvgIpc) is 3.02. The van der Waals surface area contributed by atoms with Crippen LogP contribution in [0, 0.1) is 0 Å². The number of ether oxygens (including phenoxy) is 1. The summed E-state index contributed by atoms with van der Waals surface area (Å²) in [6, 6.07) is 16.9. The Morgan fingerprint density at radius 1 is 0.780 bits per heavy atom. The summed E-state index contributed by atoms with van der Waals surface area (Å²) >= 11 is 0. The Labute approximate surface area is 250 Å². The van der Waals surface area contributed by atoms with Gasteiger partial charge in [-0.05, 0) is 55.3 Å². The highest BCUT2D eigenvalue weighted by Gasteiger charge is 2.12. The van der Waals surface area contributed by atoms with Gasteiger partial charge in [0.15, 0.2) is 0 Å². The van der Waals surface area contributed by atoms with Crippen LogP contribution in [0.2, 0.25) is 0 Å². The van der Waals surface area contributed by atoms with E-state index < -0.39 is 0 Å². The zero-order valence-corrected chi connectivity index (χ0v) is 27.1. The van der Waals surface area contributed by atoms with Gasteiger partial charge in [-0.25, -0.2) is 0 Å². The van der Waals surface area contributed by atoms with Gasteiger partial charge in [-0.3, -0.25) is 5.43 Å². The zero-order valence-electron chi connectivity index (χ0n) is 27.1. The molecule has 0 aliphatic carbocycles. The lowest BCUT2D eigenvalue weighted by molar-refractivity contribution is 0.204. The predicted octanol–water partition coefficient (Wildman–Crippen LogP) is 8.65. The quantitative estimate of drug-likeness (QED) is 0.101. The number of unbranched alkanes of at least 4 members (excludes halogenated alkanes) is 2. The van der Waals surface area contributed by atoms with Crippen LogP contribution >= 0.6 is 0 Å². The first-order valence-electron chi connectivity index (χ1n) is 15.9. The largest absolute Gasteiger partial charge is 0.462 e. The van der Waals surface area contributed by atoms with Crippen molar-refractivity contribution in [3.05, 3.63) is 54.2 Å². The Balaban J connectivity index is 0.00000201. The molecule has 7 heteroatoms. The Morgan fingerprint density at radius 2 is 1.49 bits per heavy atom. The highest BCUT2D eigenvalue weighted by molar-refractivity contribution is 5.86. The summed E-state index contributed by atoms with van der Waals surface area (Å²) in [5.74, 6) is 0.885. The lowest BCUT2D eigenvalue weighted by Gasteiger charge is -2.23. The molecule has 3 rings (SSSR count). The van der Waals surface area contributed by atoms with Crippen molar-refractivity contribution in [3.63, 3.8) is 0 Å². The summed E-state index contributed by atoms with van der Waals surface area (Å²) < 4.78 is 6.07. The van der Waals surface area contributed by atoms with Crippen LogP contribution in [0.5, 0.6) is 6.01 Å². The molecule has 0 spiro atoms. The first kappa shape index (κ1) is 35.8. The number of aromatic nitrogens is 2. The lowest BCUT2D eigenvalue weighted by Crippen LogP contribution is -2.30. The second-order valence-corrected chi connectivity index (χ2v) is 9.34. The van der Waals surface area contributed by atoms with E-state index in [0.717, 1.165) is 62.8 Å². The number of likely N-dealkylation sites (N-methyl/N-ethyl adjacent to an activating group) is 1. The fourth-order valence-corrected chi connectivity index (χ4v) is 4.31. The molecule has 2 aromatic carbocycles. The molecule has 0 amide bonds. The van der Waals surface area contributed by atoms with Crippen molar-refractivity contribution in [3.8, 4) is 6.01 Å². The van der Waals surface area contributed by atoms with Crippen molar-refractivity contribution in [2.24, 2.45) is 5.10 Å². The van der Waals surface area contributed by atoms with Gasteiger partial charge >= 0.3 is 6.01 Å². The number of nitrogens with zero attached hydrogens (tertiary/aromatic N) is 5. The molecule has 0 radical (unpaired) electrons. The number of benzene rings is 2. The summed E-state index contributed by atoms with van der Waals surface area (Å²) in [7, 11) is 0. The van der Waals surface area contributed by atoms with Crippen LogP contribution in [0.1, 0.15) is 93.2 Å².